The maximum absolute atomic E-state index is 13.8. The van der Waals surface area contributed by atoms with E-state index in [1.807, 2.05) is 6.92 Å². The first-order chi connectivity index (χ1) is 17.0. The first-order valence-electron chi connectivity index (χ1n) is 11.7. The molecule has 36 heavy (non-hydrogen) atoms. The molecule has 4 heterocycles. The van der Waals surface area contributed by atoms with E-state index in [1.54, 1.807) is 9.80 Å². The van der Waals surface area contributed by atoms with E-state index in [0.29, 0.717) is 18.5 Å². The number of carboxylic acid groups (broad SMARTS) is 1. The van der Waals surface area contributed by atoms with E-state index in [-0.39, 0.29) is 61.4 Å². The number of alkyl halides is 3. The lowest BCUT2D eigenvalue weighted by molar-refractivity contribution is -0.142. The molecule has 2 aliphatic heterocycles. The van der Waals surface area contributed by atoms with Gasteiger partial charge in [0.05, 0.1) is 23.6 Å². The van der Waals surface area contributed by atoms with Crippen molar-refractivity contribution in [3.05, 3.63) is 35.5 Å². The zero-order chi connectivity index (χ0) is 26.0. The van der Waals surface area contributed by atoms with Crippen molar-refractivity contribution in [2.75, 3.05) is 19.6 Å². The molecule has 0 aromatic carbocycles. The van der Waals surface area contributed by atoms with Crippen LogP contribution in [0.25, 0.3) is 11.4 Å². The van der Waals surface area contributed by atoms with Crippen molar-refractivity contribution in [1.29, 1.82) is 0 Å². The minimum absolute atomic E-state index is 0.0218. The first-order valence-corrected chi connectivity index (χ1v) is 11.7. The summed E-state index contributed by atoms with van der Waals surface area (Å²) in [5, 5.41) is 22.5. The molecule has 196 valence electrons. The average molecular weight is 512 g/mol. The Bertz CT molecular complexity index is 1090. The minimum Gasteiger partial charge on any atom is -0.472 e. The van der Waals surface area contributed by atoms with E-state index in [1.165, 1.54) is 18.6 Å². The minimum atomic E-state index is -4.68. The number of hydrogen-bond acceptors (Lipinski definition) is 7. The topological polar surface area (TPSA) is 132 Å². The van der Waals surface area contributed by atoms with Crippen molar-refractivity contribution in [2.24, 2.45) is 5.92 Å². The Morgan fingerprint density at radius 1 is 1.33 bits per heavy atom. The molecule has 4 rings (SSSR count). The van der Waals surface area contributed by atoms with Gasteiger partial charge < -0.3 is 24.8 Å². The number of rotatable bonds is 7. The van der Waals surface area contributed by atoms with Gasteiger partial charge in [-0.15, -0.1) is 0 Å². The van der Waals surface area contributed by atoms with Gasteiger partial charge in [-0.25, -0.2) is 14.8 Å². The summed E-state index contributed by atoms with van der Waals surface area (Å²) in [6, 6.07) is 0.705. The maximum Gasteiger partial charge on any atom is 0.433 e. The number of carbonyl (C=O) groups is 2. The Balaban J connectivity index is 1.51. The van der Waals surface area contributed by atoms with Crippen LogP contribution in [0.2, 0.25) is 0 Å². The highest BCUT2D eigenvalue weighted by Crippen LogP contribution is 2.35. The van der Waals surface area contributed by atoms with Gasteiger partial charge >= 0.3 is 12.3 Å². The molecular weight excluding hydrogens is 483 g/mol. The summed E-state index contributed by atoms with van der Waals surface area (Å²) < 4.78 is 46.2. The number of aliphatic hydroxyl groups is 1. The molecule has 3 atom stereocenters. The van der Waals surface area contributed by atoms with Gasteiger partial charge in [0.25, 0.3) is 0 Å². The Hall–Kier alpha value is -3.19. The van der Waals surface area contributed by atoms with Crippen molar-refractivity contribution >= 4 is 12.0 Å². The largest absolute Gasteiger partial charge is 0.472 e. The fourth-order valence-electron chi connectivity index (χ4n) is 4.71. The summed E-state index contributed by atoms with van der Waals surface area (Å²) in [6.07, 6.45) is -3.48. The lowest BCUT2D eigenvalue weighted by Crippen LogP contribution is -2.51. The lowest BCUT2D eigenvalue weighted by Gasteiger charge is -2.36. The van der Waals surface area contributed by atoms with Gasteiger partial charge in [-0.1, -0.05) is 6.92 Å². The molecule has 0 spiro atoms. The highest BCUT2D eigenvalue weighted by atomic mass is 19.4. The molecule has 1 fully saturated rings. The fourth-order valence-corrected chi connectivity index (χ4v) is 4.71. The molecule has 2 aliphatic rings. The number of hydrogen-bond donors (Lipinski definition) is 3. The highest BCUT2D eigenvalue weighted by molar-refractivity contribution is 5.77. The summed E-state index contributed by atoms with van der Waals surface area (Å²) in [6.45, 7) is 2.60. The van der Waals surface area contributed by atoms with E-state index < -0.39 is 30.2 Å². The monoisotopic (exact) mass is 511 g/mol. The smallest absolute Gasteiger partial charge is 0.433 e. The van der Waals surface area contributed by atoms with Crippen LogP contribution >= 0.6 is 0 Å². The van der Waals surface area contributed by atoms with Crippen LogP contribution in [0.3, 0.4) is 0 Å². The second-order valence-corrected chi connectivity index (χ2v) is 9.35. The van der Waals surface area contributed by atoms with Crippen LogP contribution in [0.1, 0.15) is 43.1 Å². The molecular formula is C23H28F3N5O5. The molecule has 1 saturated heterocycles. The van der Waals surface area contributed by atoms with Gasteiger partial charge in [-0.05, 0) is 24.8 Å². The van der Waals surface area contributed by atoms with E-state index >= 15 is 0 Å². The molecule has 0 saturated carbocycles. The number of aromatic nitrogens is 2. The molecule has 0 aliphatic carbocycles. The van der Waals surface area contributed by atoms with Gasteiger partial charge in [0.15, 0.2) is 11.5 Å². The number of piperidine rings is 1. The van der Waals surface area contributed by atoms with Gasteiger partial charge in [0.1, 0.15) is 12.5 Å². The number of amides is 2. The van der Waals surface area contributed by atoms with Crippen LogP contribution < -0.4 is 5.32 Å². The standard InChI is InChI=1S/C23H28F3N5O5/c1-13-2-5-30(18(32)8-13)10-15(27-22(34)35)9-19(33)31-6-3-16-17(11-31)28-21(14-4-7-36-12-14)29-20(16)23(24,25)26/h4,7,12-13,15,19,27,33H,2-3,5-6,8-11H2,1H3,(H,34,35)/t13?,15-,19?/m0/s1. The third-order valence-electron chi connectivity index (χ3n) is 6.60. The SMILES string of the molecule is CC1CCN(C[C@H](CC(O)N2CCc3c(nc(-c4ccoc4)nc3C(F)(F)F)C2)NC(=O)O)C(=O)C1. The van der Waals surface area contributed by atoms with Crippen LogP contribution in [0.15, 0.2) is 23.0 Å². The molecule has 10 nitrogen and oxygen atoms in total. The number of carbonyl (C=O) groups excluding carboxylic acids is 1. The third kappa shape index (κ3) is 5.95. The van der Waals surface area contributed by atoms with Crippen molar-refractivity contribution < 1.29 is 37.4 Å². The number of aliphatic hydroxyl groups excluding tert-OH is 1. The van der Waals surface area contributed by atoms with Crippen LogP contribution in [-0.4, -0.2) is 73.9 Å². The Labute approximate surface area is 205 Å². The van der Waals surface area contributed by atoms with Gasteiger partial charge in [0, 0.05) is 44.6 Å². The van der Waals surface area contributed by atoms with E-state index in [0.717, 1.165) is 6.42 Å². The number of fused-ring (bicyclic) bond motifs is 1. The summed E-state index contributed by atoms with van der Waals surface area (Å²) in [5.41, 5.74) is -0.596. The molecule has 2 unspecified atom stereocenters. The lowest BCUT2D eigenvalue weighted by atomic mass is 9.97. The molecule has 2 aromatic rings. The van der Waals surface area contributed by atoms with Gasteiger partial charge in [-0.2, -0.15) is 13.2 Å². The Morgan fingerprint density at radius 3 is 2.75 bits per heavy atom. The van der Waals surface area contributed by atoms with E-state index in [4.69, 9.17) is 4.42 Å². The molecule has 2 amide bonds. The fraction of sp³-hybridized carbons (Fsp3) is 0.565. The maximum atomic E-state index is 13.8. The van der Waals surface area contributed by atoms with Crippen molar-refractivity contribution in [1.82, 2.24) is 25.1 Å². The van der Waals surface area contributed by atoms with Crippen molar-refractivity contribution in [2.45, 2.75) is 57.6 Å². The number of furan rings is 1. The molecule has 0 bridgehead atoms. The molecule has 0 radical (unpaired) electrons. The van der Waals surface area contributed by atoms with Crippen molar-refractivity contribution in [3.8, 4) is 11.4 Å². The van der Waals surface area contributed by atoms with Crippen LogP contribution in [0.4, 0.5) is 18.0 Å². The molecule has 2 aromatic heterocycles. The molecule has 3 N–H and O–H groups in total. The van der Waals surface area contributed by atoms with Crippen LogP contribution in [0.5, 0.6) is 0 Å². The Morgan fingerprint density at radius 2 is 2.11 bits per heavy atom. The van der Waals surface area contributed by atoms with E-state index in [2.05, 4.69) is 15.3 Å². The van der Waals surface area contributed by atoms with Crippen LogP contribution in [0, 0.1) is 5.92 Å². The highest BCUT2D eigenvalue weighted by Gasteiger charge is 2.40. The van der Waals surface area contributed by atoms with Gasteiger partial charge in [-0.3, -0.25) is 9.69 Å². The quantitative estimate of drug-likeness (QED) is 0.517. The number of halogens is 3. The summed E-state index contributed by atoms with van der Waals surface area (Å²) in [7, 11) is 0. The zero-order valence-electron chi connectivity index (χ0n) is 19.7. The normalized spacial score (nSPS) is 20.6. The third-order valence-corrected chi connectivity index (χ3v) is 6.60. The van der Waals surface area contributed by atoms with E-state index in [9.17, 15) is 33.0 Å². The summed E-state index contributed by atoms with van der Waals surface area (Å²) in [5.74, 6) is 0.0547. The van der Waals surface area contributed by atoms with Crippen LogP contribution in [-0.2, 0) is 23.9 Å². The van der Waals surface area contributed by atoms with Gasteiger partial charge in [0.2, 0.25) is 5.91 Å². The number of nitrogens with one attached hydrogen (secondary N) is 1. The summed E-state index contributed by atoms with van der Waals surface area (Å²) in [4.78, 5) is 34.9. The second kappa shape index (κ2) is 10.4. The predicted octanol–water partition coefficient (Wildman–Crippen LogP) is 2.72. The summed E-state index contributed by atoms with van der Waals surface area (Å²) >= 11 is 0. The van der Waals surface area contributed by atoms with Crippen molar-refractivity contribution in [3.63, 3.8) is 0 Å². The number of likely N-dealkylation sites (tertiary alicyclic amines) is 1. The molecule has 13 heteroatoms. The number of nitrogens with zero attached hydrogens (tertiary/aromatic N) is 4. The second-order valence-electron chi connectivity index (χ2n) is 9.35. The predicted molar refractivity (Wildman–Crippen MR) is 119 cm³/mol. The zero-order valence-corrected chi connectivity index (χ0v) is 19.7. The first kappa shape index (κ1) is 25.9. The average Bonchev–Trinajstić information content (AvgIpc) is 3.33. The Kier molecular flexibility index (Phi) is 7.50.